The molecule has 0 radical (unpaired) electrons. The van der Waals surface area contributed by atoms with Gasteiger partial charge in [0.1, 0.15) is 12.2 Å². The van der Waals surface area contributed by atoms with Crippen LogP contribution in [0.1, 0.15) is 136 Å². The molecule has 0 rings (SSSR count). The van der Waals surface area contributed by atoms with Crippen LogP contribution < -0.4 is 5.32 Å². The third kappa shape index (κ3) is 24.6. The highest BCUT2D eigenvalue weighted by Gasteiger charge is 2.28. The van der Waals surface area contributed by atoms with Gasteiger partial charge in [-0.2, -0.15) is 0 Å². The Bertz CT molecular complexity index is 703. The molecule has 4 atom stereocenters. The molecule has 0 bridgehead atoms. The summed E-state index contributed by atoms with van der Waals surface area (Å²) in [6.07, 6.45) is 32.7. The number of aliphatic hydroxyl groups excluding tert-OH is 4. The molecule has 6 heteroatoms. The number of nitrogens with one attached hydrogen (secondary N) is 1. The lowest BCUT2D eigenvalue weighted by Gasteiger charge is -2.27. The Hall–Kier alpha value is -1.73. The molecular weight excluding hydrogens is 514 g/mol. The maximum Gasteiger partial charge on any atom is 0.249 e. The summed E-state index contributed by atoms with van der Waals surface area (Å²) in [5.74, 6) is -0.616. The van der Waals surface area contributed by atoms with E-state index in [4.69, 9.17) is 0 Å². The predicted molar refractivity (Wildman–Crippen MR) is 173 cm³/mol. The Morgan fingerprint density at radius 1 is 0.585 bits per heavy atom. The van der Waals surface area contributed by atoms with E-state index in [0.717, 1.165) is 70.6 Å². The van der Waals surface area contributed by atoms with E-state index in [1.165, 1.54) is 32.1 Å². The molecule has 238 valence electrons. The Labute approximate surface area is 251 Å². The molecule has 0 aromatic carbocycles. The Morgan fingerprint density at radius 3 is 1.51 bits per heavy atom. The minimum atomic E-state index is -1.29. The minimum absolute atomic E-state index is 0.341. The van der Waals surface area contributed by atoms with Gasteiger partial charge in [-0.05, 0) is 77.0 Å². The van der Waals surface area contributed by atoms with E-state index in [2.05, 4.69) is 67.8 Å². The number of allylic oxidation sites excluding steroid dienone is 8. The van der Waals surface area contributed by atoms with Gasteiger partial charge in [-0.25, -0.2) is 0 Å². The number of rotatable bonds is 28. The summed E-state index contributed by atoms with van der Waals surface area (Å²) >= 11 is 0. The van der Waals surface area contributed by atoms with E-state index < -0.39 is 36.9 Å². The van der Waals surface area contributed by atoms with Crippen LogP contribution in [0.25, 0.3) is 0 Å². The average Bonchev–Trinajstić information content (AvgIpc) is 2.98. The zero-order valence-corrected chi connectivity index (χ0v) is 26.3. The molecule has 0 spiro atoms. The topological polar surface area (TPSA) is 110 Å². The van der Waals surface area contributed by atoms with Crippen LogP contribution in [-0.2, 0) is 4.79 Å². The summed E-state index contributed by atoms with van der Waals surface area (Å²) in [7, 11) is 0. The Kier molecular flexibility index (Phi) is 28.5. The van der Waals surface area contributed by atoms with Gasteiger partial charge >= 0.3 is 0 Å². The summed E-state index contributed by atoms with van der Waals surface area (Å²) < 4.78 is 0. The SMILES string of the molecule is CCCC/C=C\CCCCCCC(O)C(=O)NC(CO)C(O)C(O)CCC/C=C/CC/C=C/CC/C=C/CCCC. The second-order valence-corrected chi connectivity index (χ2v) is 11.1. The van der Waals surface area contributed by atoms with E-state index in [0.29, 0.717) is 19.3 Å². The maximum atomic E-state index is 12.3. The van der Waals surface area contributed by atoms with Gasteiger partial charge in [0.15, 0.2) is 0 Å². The van der Waals surface area contributed by atoms with Crippen LogP contribution in [-0.4, -0.2) is 57.3 Å². The molecule has 6 nitrogen and oxygen atoms in total. The molecule has 0 saturated carbocycles. The fraction of sp³-hybridized carbons (Fsp3) is 0.743. The Balaban J connectivity index is 4.00. The van der Waals surface area contributed by atoms with Gasteiger partial charge < -0.3 is 25.7 Å². The highest BCUT2D eigenvalue weighted by atomic mass is 16.3. The molecule has 5 N–H and O–H groups in total. The monoisotopic (exact) mass is 577 g/mol. The quantitative estimate of drug-likeness (QED) is 0.0498. The van der Waals surface area contributed by atoms with Crippen LogP contribution in [0.3, 0.4) is 0 Å². The van der Waals surface area contributed by atoms with Crippen molar-refractivity contribution in [1.82, 2.24) is 5.32 Å². The molecule has 0 aromatic heterocycles. The summed E-state index contributed by atoms with van der Waals surface area (Å²) in [6.45, 7) is 3.89. The largest absolute Gasteiger partial charge is 0.394 e. The Morgan fingerprint density at radius 2 is 1.02 bits per heavy atom. The van der Waals surface area contributed by atoms with Crippen LogP contribution in [0.2, 0.25) is 0 Å². The van der Waals surface area contributed by atoms with Crippen molar-refractivity contribution >= 4 is 5.91 Å². The van der Waals surface area contributed by atoms with Crippen LogP contribution in [0, 0.1) is 0 Å². The second kappa shape index (κ2) is 29.8. The first-order valence-corrected chi connectivity index (χ1v) is 16.5. The maximum absolute atomic E-state index is 12.3. The highest BCUT2D eigenvalue weighted by molar-refractivity contribution is 5.80. The lowest BCUT2D eigenvalue weighted by molar-refractivity contribution is -0.132. The zero-order chi connectivity index (χ0) is 30.4. The van der Waals surface area contributed by atoms with E-state index in [9.17, 15) is 25.2 Å². The van der Waals surface area contributed by atoms with E-state index in [-0.39, 0.29) is 0 Å². The van der Waals surface area contributed by atoms with E-state index in [1.54, 1.807) is 0 Å². The van der Waals surface area contributed by atoms with Gasteiger partial charge in [0, 0.05) is 0 Å². The third-order valence-electron chi connectivity index (χ3n) is 7.22. The number of hydrogen-bond donors (Lipinski definition) is 5. The molecule has 0 aliphatic heterocycles. The molecule has 4 unspecified atom stereocenters. The van der Waals surface area contributed by atoms with Gasteiger partial charge in [-0.15, -0.1) is 0 Å². The van der Waals surface area contributed by atoms with Crippen LogP contribution >= 0.6 is 0 Å². The molecule has 0 aliphatic carbocycles. The smallest absolute Gasteiger partial charge is 0.249 e. The van der Waals surface area contributed by atoms with Crippen molar-refractivity contribution in [1.29, 1.82) is 0 Å². The van der Waals surface area contributed by atoms with Gasteiger partial charge in [-0.3, -0.25) is 4.79 Å². The first-order valence-electron chi connectivity index (χ1n) is 16.5. The van der Waals surface area contributed by atoms with Crippen molar-refractivity contribution in [3.05, 3.63) is 48.6 Å². The van der Waals surface area contributed by atoms with Gasteiger partial charge in [0.2, 0.25) is 5.91 Å². The number of carbonyl (C=O) groups is 1. The van der Waals surface area contributed by atoms with Gasteiger partial charge in [-0.1, -0.05) is 107 Å². The molecule has 0 aliphatic rings. The predicted octanol–water partition coefficient (Wildman–Crippen LogP) is 7.22. The minimum Gasteiger partial charge on any atom is -0.394 e. The fourth-order valence-corrected chi connectivity index (χ4v) is 4.46. The average molecular weight is 578 g/mol. The number of hydrogen-bond acceptors (Lipinski definition) is 5. The second-order valence-electron chi connectivity index (χ2n) is 11.1. The summed E-state index contributed by atoms with van der Waals surface area (Å²) in [4.78, 5) is 12.3. The molecule has 0 fully saturated rings. The first kappa shape index (κ1) is 39.3. The van der Waals surface area contributed by atoms with Crippen molar-refractivity contribution < 1.29 is 25.2 Å². The van der Waals surface area contributed by atoms with Crippen molar-refractivity contribution in [2.45, 2.75) is 160 Å². The van der Waals surface area contributed by atoms with Crippen LogP contribution in [0.15, 0.2) is 48.6 Å². The lowest BCUT2D eigenvalue weighted by atomic mass is 10.00. The molecular formula is C35H63NO5. The number of unbranched alkanes of at least 4 members (excludes halogenated alkanes) is 11. The number of carbonyl (C=O) groups excluding carboxylic acids is 1. The normalized spacial score (nSPS) is 15.4. The van der Waals surface area contributed by atoms with Gasteiger partial charge in [0.05, 0.1) is 18.8 Å². The zero-order valence-electron chi connectivity index (χ0n) is 26.3. The number of aliphatic hydroxyl groups is 4. The molecule has 0 saturated heterocycles. The van der Waals surface area contributed by atoms with Gasteiger partial charge in [0.25, 0.3) is 0 Å². The molecule has 1 amide bonds. The highest BCUT2D eigenvalue weighted by Crippen LogP contribution is 2.12. The lowest BCUT2D eigenvalue weighted by Crippen LogP contribution is -2.53. The summed E-state index contributed by atoms with van der Waals surface area (Å²) in [6, 6.07) is -1.01. The standard InChI is InChI=1S/C35H63NO5/c1-3-5-7-9-11-13-15-16-17-18-19-21-22-24-26-28-32(38)34(40)31(30-37)36-35(41)33(39)29-27-25-23-20-14-12-10-8-6-4-2/h9-12,16-17,21-22,31-34,37-40H,3-8,13-15,18-20,23-30H2,1-2H3,(H,36,41)/b11-9+,12-10-,17-16+,22-21+. The van der Waals surface area contributed by atoms with E-state index in [1.807, 2.05) is 0 Å². The van der Waals surface area contributed by atoms with Crippen LogP contribution in [0.5, 0.6) is 0 Å². The summed E-state index contributed by atoms with van der Waals surface area (Å²) in [5.41, 5.74) is 0. The summed E-state index contributed by atoms with van der Waals surface area (Å²) in [5, 5.41) is 43.2. The number of amides is 1. The van der Waals surface area contributed by atoms with E-state index >= 15 is 0 Å². The molecule has 0 aromatic rings. The van der Waals surface area contributed by atoms with Crippen molar-refractivity contribution in [2.75, 3.05) is 6.61 Å². The van der Waals surface area contributed by atoms with Crippen molar-refractivity contribution in [2.24, 2.45) is 0 Å². The van der Waals surface area contributed by atoms with Crippen LogP contribution in [0.4, 0.5) is 0 Å². The molecule has 41 heavy (non-hydrogen) atoms. The first-order chi connectivity index (χ1) is 20.0. The third-order valence-corrected chi connectivity index (χ3v) is 7.22. The van der Waals surface area contributed by atoms with Crippen molar-refractivity contribution in [3.63, 3.8) is 0 Å². The molecule has 0 heterocycles. The van der Waals surface area contributed by atoms with Crippen molar-refractivity contribution in [3.8, 4) is 0 Å². The fourth-order valence-electron chi connectivity index (χ4n) is 4.46.